The summed E-state index contributed by atoms with van der Waals surface area (Å²) in [5.41, 5.74) is 6.06. The van der Waals surface area contributed by atoms with Crippen LogP contribution in [0.5, 0.6) is 0 Å². The molecule has 0 unspecified atom stereocenters. The zero-order chi connectivity index (χ0) is 10.2. The molecule has 1 aromatic rings. The second-order valence-electron chi connectivity index (χ2n) is 3.82. The third-order valence-corrected chi connectivity index (χ3v) is 3.53. The lowest BCUT2D eigenvalue weighted by atomic mass is 10.1. The Morgan fingerprint density at radius 2 is 2.07 bits per heavy atom. The van der Waals surface area contributed by atoms with Crippen molar-refractivity contribution >= 4 is 11.3 Å². The standard InChI is InChI=1S/C12H21NS/c1-2-3-4-5-6-8-11(13)12-9-7-10-14-12/h7,9-11H,2-6,8,13H2,1H3/t11-/m0/s1. The van der Waals surface area contributed by atoms with E-state index in [4.69, 9.17) is 5.73 Å². The van der Waals surface area contributed by atoms with Gasteiger partial charge in [0.05, 0.1) is 0 Å². The molecule has 1 aromatic heterocycles. The van der Waals surface area contributed by atoms with Crippen molar-refractivity contribution in [3.63, 3.8) is 0 Å². The third-order valence-electron chi connectivity index (χ3n) is 2.53. The van der Waals surface area contributed by atoms with Gasteiger partial charge in [-0.3, -0.25) is 0 Å². The van der Waals surface area contributed by atoms with Gasteiger partial charge in [0.1, 0.15) is 0 Å². The Bertz CT molecular complexity index is 218. The van der Waals surface area contributed by atoms with E-state index in [9.17, 15) is 0 Å². The van der Waals surface area contributed by atoms with Crippen molar-refractivity contribution < 1.29 is 0 Å². The molecule has 0 spiro atoms. The van der Waals surface area contributed by atoms with Gasteiger partial charge in [-0.05, 0) is 17.9 Å². The van der Waals surface area contributed by atoms with Crippen LogP contribution in [-0.2, 0) is 0 Å². The van der Waals surface area contributed by atoms with Gasteiger partial charge in [0.15, 0.2) is 0 Å². The minimum absolute atomic E-state index is 0.275. The summed E-state index contributed by atoms with van der Waals surface area (Å²) in [4.78, 5) is 1.33. The number of thiophene rings is 1. The highest BCUT2D eigenvalue weighted by Gasteiger charge is 2.05. The maximum atomic E-state index is 6.06. The molecule has 0 radical (unpaired) electrons. The Hall–Kier alpha value is -0.340. The van der Waals surface area contributed by atoms with Gasteiger partial charge >= 0.3 is 0 Å². The van der Waals surface area contributed by atoms with E-state index < -0.39 is 0 Å². The summed E-state index contributed by atoms with van der Waals surface area (Å²) in [6.07, 6.45) is 7.81. The van der Waals surface area contributed by atoms with Crippen molar-refractivity contribution in [3.8, 4) is 0 Å². The molecule has 0 aromatic carbocycles. The van der Waals surface area contributed by atoms with E-state index in [1.54, 1.807) is 11.3 Å². The normalized spacial score (nSPS) is 13.0. The average Bonchev–Trinajstić information content (AvgIpc) is 2.70. The molecule has 14 heavy (non-hydrogen) atoms. The summed E-state index contributed by atoms with van der Waals surface area (Å²) in [6, 6.07) is 4.50. The number of unbranched alkanes of at least 4 members (excludes halogenated alkanes) is 4. The van der Waals surface area contributed by atoms with Crippen LogP contribution in [-0.4, -0.2) is 0 Å². The monoisotopic (exact) mass is 211 g/mol. The van der Waals surface area contributed by atoms with Gasteiger partial charge in [-0.15, -0.1) is 11.3 Å². The SMILES string of the molecule is CCCCCCC[C@H](N)c1cccs1. The van der Waals surface area contributed by atoms with Crippen LogP contribution in [0, 0.1) is 0 Å². The van der Waals surface area contributed by atoms with Crippen LogP contribution < -0.4 is 5.73 Å². The van der Waals surface area contributed by atoms with Crippen LogP contribution >= 0.6 is 11.3 Å². The fourth-order valence-corrected chi connectivity index (χ4v) is 2.38. The molecule has 2 N–H and O–H groups in total. The third kappa shape index (κ3) is 4.25. The molecule has 1 nitrogen and oxygen atoms in total. The van der Waals surface area contributed by atoms with E-state index in [0.29, 0.717) is 0 Å². The van der Waals surface area contributed by atoms with Gasteiger partial charge < -0.3 is 5.73 Å². The molecule has 0 saturated heterocycles. The molecule has 80 valence electrons. The molecule has 1 heterocycles. The Kier molecular flexibility index (Phi) is 5.88. The molecule has 0 amide bonds. The number of hydrogen-bond acceptors (Lipinski definition) is 2. The van der Waals surface area contributed by atoms with Crippen molar-refractivity contribution in [2.75, 3.05) is 0 Å². The van der Waals surface area contributed by atoms with Gasteiger partial charge in [0.25, 0.3) is 0 Å². The topological polar surface area (TPSA) is 26.0 Å². The van der Waals surface area contributed by atoms with E-state index in [2.05, 4.69) is 24.4 Å². The molecule has 1 atom stereocenters. The molecule has 0 saturated carbocycles. The molecule has 0 bridgehead atoms. The molecule has 2 heteroatoms. The summed E-state index contributed by atoms with van der Waals surface area (Å²) in [6.45, 7) is 2.25. The van der Waals surface area contributed by atoms with Gasteiger partial charge in [0.2, 0.25) is 0 Å². The number of nitrogens with two attached hydrogens (primary N) is 1. The van der Waals surface area contributed by atoms with Crippen LogP contribution in [0.3, 0.4) is 0 Å². The minimum Gasteiger partial charge on any atom is -0.323 e. The Morgan fingerprint density at radius 3 is 2.71 bits per heavy atom. The lowest BCUT2D eigenvalue weighted by molar-refractivity contribution is 0.559. The molecule has 0 fully saturated rings. The Labute approximate surface area is 91.3 Å². The van der Waals surface area contributed by atoms with Crippen molar-refractivity contribution in [2.24, 2.45) is 5.73 Å². The largest absolute Gasteiger partial charge is 0.323 e. The smallest absolute Gasteiger partial charge is 0.0389 e. The lowest BCUT2D eigenvalue weighted by Gasteiger charge is -2.08. The molecule has 0 aliphatic carbocycles. The van der Waals surface area contributed by atoms with Gasteiger partial charge in [-0.1, -0.05) is 45.1 Å². The first-order chi connectivity index (χ1) is 6.84. The van der Waals surface area contributed by atoms with Crippen LogP contribution in [0.4, 0.5) is 0 Å². The maximum Gasteiger partial charge on any atom is 0.0389 e. The summed E-state index contributed by atoms with van der Waals surface area (Å²) in [7, 11) is 0. The van der Waals surface area contributed by atoms with Crippen molar-refractivity contribution in [1.29, 1.82) is 0 Å². The second kappa shape index (κ2) is 7.02. The summed E-state index contributed by atoms with van der Waals surface area (Å²) < 4.78 is 0. The fourth-order valence-electron chi connectivity index (χ4n) is 1.61. The first-order valence-corrected chi connectivity index (χ1v) is 6.51. The van der Waals surface area contributed by atoms with E-state index in [1.165, 1.54) is 37.0 Å². The number of rotatable bonds is 7. The van der Waals surface area contributed by atoms with Gasteiger partial charge in [-0.2, -0.15) is 0 Å². The minimum atomic E-state index is 0.275. The zero-order valence-corrected chi connectivity index (χ0v) is 9.85. The highest BCUT2D eigenvalue weighted by atomic mass is 32.1. The fraction of sp³-hybridized carbons (Fsp3) is 0.667. The first kappa shape index (κ1) is 11.7. The highest BCUT2D eigenvalue weighted by molar-refractivity contribution is 7.10. The van der Waals surface area contributed by atoms with Crippen LogP contribution in [0.15, 0.2) is 17.5 Å². The summed E-state index contributed by atoms with van der Waals surface area (Å²) in [5, 5.41) is 2.10. The van der Waals surface area contributed by atoms with Crippen LogP contribution in [0.1, 0.15) is 56.4 Å². The van der Waals surface area contributed by atoms with Crippen molar-refractivity contribution in [1.82, 2.24) is 0 Å². The van der Waals surface area contributed by atoms with Crippen LogP contribution in [0.25, 0.3) is 0 Å². The Morgan fingerprint density at radius 1 is 1.29 bits per heavy atom. The van der Waals surface area contributed by atoms with Crippen molar-refractivity contribution in [3.05, 3.63) is 22.4 Å². The Balaban J connectivity index is 2.07. The van der Waals surface area contributed by atoms with Gasteiger partial charge in [0, 0.05) is 10.9 Å². The summed E-state index contributed by atoms with van der Waals surface area (Å²) in [5.74, 6) is 0. The molecule has 0 aliphatic heterocycles. The number of hydrogen-bond donors (Lipinski definition) is 1. The van der Waals surface area contributed by atoms with E-state index in [-0.39, 0.29) is 6.04 Å². The quantitative estimate of drug-likeness (QED) is 0.675. The van der Waals surface area contributed by atoms with E-state index in [0.717, 1.165) is 6.42 Å². The lowest BCUT2D eigenvalue weighted by Crippen LogP contribution is -2.07. The van der Waals surface area contributed by atoms with Crippen LogP contribution in [0.2, 0.25) is 0 Å². The average molecular weight is 211 g/mol. The van der Waals surface area contributed by atoms with E-state index in [1.807, 2.05) is 0 Å². The predicted octanol–water partition coefficient (Wildman–Crippen LogP) is 4.11. The first-order valence-electron chi connectivity index (χ1n) is 5.63. The second-order valence-corrected chi connectivity index (χ2v) is 4.80. The molecular weight excluding hydrogens is 190 g/mol. The zero-order valence-electron chi connectivity index (χ0n) is 9.04. The predicted molar refractivity (Wildman–Crippen MR) is 64.6 cm³/mol. The molecule has 0 aliphatic rings. The molecule has 1 rings (SSSR count). The molecular formula is C12H21NS. The van der Waals surface area contributed by atoms with E-state index >= 15 is 0 Å². The summed E-state index contributed by atoms with van der Waals surface area (Å²) >= 11 is 1.77. The van der Waals surface area contributed by atoms with Crippen molar-refractivity contribution in [2.45, 2.75) is 51.5 Å². The van der Waals surface area contributed by atoms with Gasteiger partial charge in [-0.25, -0.2) is 0 Å². The maximum absolute atomic E-state index is 6.06. The highest BCUT2D eigenvalue weighted by Crippen LogP contribution is 2.21.